The summed E-state index contributed by atoms with van der Waals surface area (Å²) >= 11 is 0. The third-order valence-corrected chi connectivity index (χ3v) is 4.63. The minimum Gasteiger partial charge on any atom is -0.487 e. The van der Waals surface area contributed by atoms with E-state index in [0.717, 1.165) is 56.3 Å². The largest absolute Gasteiger partial charge is 0.487 e. The Bertz CT molecular complexity index is 625. The molecule has 0 unspecified atom stereocenters. The number of carbonyl (C=O) groups is 1. The maximum Gasteiger partial charge on any atom is 0.404 e. The summed E-state index contributed by atoms with van der Waals surface area (Å²) in [5.41, 5.74) is 9.13. The Morgan fingerprint density at radius 3 is 2.71 bits per heavy atom. The first-order chi connectivity index (χ1) is 11.3. The van der Waals surface area contributed by atoms with Crippen LogP contribution in [0.3, 0.4) is 0 Å². The number of carboxylic acid groups (broad SMARTS) is 1. The van der Waals surface area contributed by atoms with Crippen molar-refractivity contribution in [3.05, 3.63) is 17.7 Å². The average Bonchev–Trinajstić information content (AvgIpc) is 2.80. The lowest BCUT2D eigenvalue weighted by Crippen LogP contribution is -2.48. The topological polar surface area (TPSA) is 91.1 Å². The Hall–Kier alpha value is -2.15. The summed E-state index contributed by atoms with van der Waals surface area (Å²) in [4.78, 5) is 15.0. The molecule has 1 saturated heterocycles. The highest BCUT2D eigenvalue weighted by molar-refractivity contribution is 5.72. The van der Waals surface area contributed by atoms with Crippen LogP contribution in [0, 0.1) is 0 Å². The zero-order valence-electron chi connectivity index (χ0n) is 14.3. The maximum atomic E-state index is 10.5. The summed E-state index contributed by atoms with van der Waals surface area (Å²) in [7, 11) is 0. The van der Waals surface area contributed by atoms with Gasteiger partial charge < -0.3 is 25.8 Å². The Kier molecular flexibility index (Phi) is 4.45. The molecule has 7 nitrogen and oxygen atoms in total. The molecule has 1 fully saturated rings. The summed E-state index contributed by atoms with van der Waals surface area (Å²) in [6, 6.07) is 4.11. The van der Waals surface area contributed by atoms with Crippen LogP contribution in [-0.4, -0.2) is 61.0 Å². The molecule has 0 atom stereocenters. The first kappa shape index (κ1) is 16.7. The number of nitrogens with two attached hydrogens (primary N) is 1. The summed E-state index contributed by atoms with van der Waals surface area (Å²) in [5.74, 6) is 0.942. The summed E-state index contributed by atoms with van der Waals surface area (Å²) in [6.07, 6.45) is -0.0839. The van der Waals surface area contributed by atoms with Crippen LogP contribution in [0.25, 0.3) is 0 Å². The summed E-state index contributed by atoms with van der Waals surface area (Å²) < 4.78 is 6.02. The number of ether oxygens (including phenoxy) is 1. The van der Waals surface area contributed by atoms with Crippen molar-refractivity contribution >= 4 is 17.5 Å². The third kappa shape index (κ3) is 3.67. The van der Waals surface area contributed by atoms with Gasteiger partial charge in [0.2, 0.25) is 0 Å². The van der Waals surface area contributed by atoms with E-state index in [4.69, 9.17) is 15.6 Å². The van der Waals surface area contributed by atoms with Crippen LogP contribution >= 0.6 is 0 Å². The van der Waals surface area contributed by atoms with E-state index in [1.807, 2.05) is 6.07 Å². The van der Waals surface area contributed by atoms with E-state index in [-0.39, 0.29) is 5.60 Å². The van der Waals surface area contributed by atoms with Crippen molar-refractivity contribution in [2.24, 2.45) is 0 Å². The Morgan fingerprint density at radius 2 is 2.04 bits per heavy atom. The van der Waals surface area contributed by atoms with Crippen LogP contribution in [0.15, 0.2) is 12.1 Å². The van der Waals surface area contributed by atoms with E-state index in [0.29, 0.717) is 6.54 Å². The Morgan fingerprint density at radius 1 is 1.33 bits per heavy atom. The highest BCUT2D eigenvalue weighted by Crippen LogP contribution is 2.40. The molecule has 0 saturated carbocycles. The zero-order chi connectivity index (χ0) is 17.3. The number of hydrogen-bond acceptors (Lipinski definition) is 5. The molecule has 7 heteroatoms. The highest BCUT2D eigenvalue weighted by atomic mass is 16.5. The molecule has 0 radical (unpaired) electrons. The average molecular weight is 334 g/mol. The molecule has 3 rings (SSSR count). The second-order valence-electron chi connectivity index (χ2n) is 7.12. The number of piperazine rings is 1. The fourth-order valence-electron chi connectivity index (χ4n) is 3.47. The molecule has 1 aromatic carbocycles. The molecule has 1 amide bonds. The predicted octanol–water partition coefficient (Wildman–Crippen LogP) is 1.37. The van der Waals surface area contributed by atoms with E-state index < -0.39 is 6.09 Å². The van der Waals surface area contributed by atoms with Gasteiger partial charge in [-0.1, -0.05) is 0 Å². The monoisotopic (exact) mass is 334 g/mol. The summed E-state index contributed by atoms with van der Waals surface area (Å²) in [5, 5.41) is 11.0. The fourth-order valence-corrected chi connectivity index (χ4v) is 3.47. The number of benzene rings is 1. The predicted molar refractivity (Wildman–Crippen MR) is 93.9 cm³/mol. The molecule has 2 heterocycles. The molecule has 2 aliphatic rings. The first-order valence-corrected chi connectivity index (χ1v) is 8.39. The number of fused-ring (bicyclic) bond motifs is 1. The van der Waals surface area contributed by atoms with Crippen molar-refractivity contribution in [2.45, 2.75) is 25.9 Å². The number of anilines is 2. The van der Waals surface area contributed by atoms with Gasteiger partial charge in [-0.2, -0.15) is 0 Å². The normalized spacial score (nSPS) is 19.7. The minimum absolute atomic E-state index is 0.163. The van der Waals surface area contributed by atoms with E-state index >= 15 is 0 Å². The molecule has 0 bridgehead atoms. The molecular formula is C17H26N4O3. The van der Waals surface area contributed by atoms with Gasteiger partial charge in [0.25, 0.3) is 0 Å². The molecular weight excluding hydrogens is 308 g/mol. The molecule has 0 spiro atoms. The second kappa shape index (κ2) is 6.39. The van der Waals surface area contributed by atoms with Gasteiger partial charge in [0.15, 0.2) is 0 Å². The van der Waals surface area contributed by atoms with Crippen molar-refractivity contribution in [2.75, 3.05) is 49.9 Å². The van der Waals surface area contributed by atoms with Gasteiger partial charge in [0.1, 0.15) is 11.4 Å². The van der Waals surface area contributed by atoms with E-state index in [1.165, 1.54) is 5.56 Å². The van der Waals surface area contributed by atoms with Gasteiger partial charge >= 0.3 is 6.09 Å². The minimum atomic E-state index is -0.970. The van der Waals surface area contributed by atoms with Gasteiger partial charge in [-0.05, 0) is 19.9 Å². The smallest absolute Gasteiger partial charge is 0.404 e. The van der Waals surface area contributed by atoms with Gasteiger partial charge in [-0.25, -0.2) is 4.79 Å². The zero-order valence-corrected chi connectivity index (χ0v) is 14.3. The quantitative estimate of drug-likeness (QED) is 0.721. The van der Waals surface area contributed by atoms with Crippen LogP contribution < -0.4 is 20.7 Å². The number of nitrogen functional groups attached to an aromatic ring is 1. The molecule has 24 heavy (non-hydrogen) atoms. The lowest BCUT2D eigenvalue weighted by Gasteiger charge is -2.36. The highest BCUT2D eigenvalue weighted by Gasteiger charge is 2.31. The van der Waals surface area contributed by atoms with Crippen molar-refractivity contribution < 1.29 is 14.6 Å². The Labute approximate surface area is 142 Å². The lowest BCUT2D eigenvalue weighted by atomic mass is 10.0. The first-order valence-electron chi connectivity index (χ1n) is 8.39. The van der Waals surface area contributed by atoms with Crippen LogP contribution in [0.4, 0.5) is 16.2 Å². The number of rotatable bonds is 4. The third-order valence-electron chi connectivity index (χ3n) is 4.63. The van der Waals surface area contributed by atoms with Crippen molar-refractivity contribution in [3.8, 4) is 5.75 Å². The SMILES string of the molecule is CC1(C)Cc2cc(N)c(N3CCN(CCNC(=O)O)CC3)cc2O1. The standard InChI is InChI=1S/C17H26N4O3/c1-17(2)11-12-9-13(18)14(10-15(12)24-17)21-7-5-20(6-8-21)4-3-19-16(22)23/h9-10,19H,3-8,11,18H2,1-2H3,(H,22,23). The molecule has 2 aliphatic heterocycles. The fraction of sp³-hybridized carbons (Fsp3) is 0.588. The van der Waals surface area contributed by atoms with E-state index in [2.05, 4.69) is 35.0 Å². The molecule has 0 aromatic heterocycles. The van der Waals surface area contributed by atoms with Gasteiger partial charge in [0.05, 0.1) is 11.4 Å². The number of nitrogens with one attached hydrogen (secondary N) is 1. The van der Waals surface area contributed by atoms with Crippen LogP contribution in [0.2, 0.25) is 0 Å². The Balaban J connectivity index is 1.60. The summed E-state index contributed by atoms with van der Waals surface area (Å²) in [6.45, 7) is 8.91. The van der Waals surface area contributed by atoms with Crippen LogP contribution in [0.1, 0.15) is 19.4 Å². The van der Waals surface area contributed by atoms with Crippen LogP contribution in [-0.2, 0) is 6.42 Å². The van der Waals surface area contributed by atoms with Crippen molar-refractivity contribution in [1.29, 1.82) is 0 Å². The molecule has 0 aliphatic carbocycles. The van der Waals surface area contributed by atoms with Crippen molar-refractivity contribution in [3.63, 3.8) is 0 Å². The maximum absolute atomic E-state index is 10.5. The second-order valence-corrected chi connectivity index (χ2v) is 7.12. The van der Waals surface area contributed by atoms with Gasteiger partial charge in [-0.15, -0.1) is 0 Å². The van der Waals surface area contributed by atoms with Gasteiger partial charge in [0, 0.05) is 57.3 Å². The van der Waals surface area contributed by atoms with E-state index in [9.17, 15) is 4.79 Å². The number of hydrogen-bond donors (Lipinski definition) is 3. The van der Waals surface area contributed by atoms with Crippen LogP contribution in [0.5, 0.6) is 5.75 Å². The molecule has 132 valence electrons. The van der Waals surface area contributed by atoms with Gasteiger partial charge in [-0.3, -0.25) is 4.90 Å². The number of nitrogens with zero attached hydrogens (tertiary/aromatic N) is 2. The molecule has 4 N–H and O–H groups in total. The lowest BCUT2D eigenvalue weighted by molar-refractivity contribution is 0.138. The van der Waals surface area contributed by atoms with E-state index in [1.54, 1.807) is 0 Å². The van der Waals surface area contributed by atoms with Crippen molar-refractivity contribution in [1.82, 2.24) is 10.2 Å². The number of amides is 1. The molecule has 1 aromatic rings.